The first kappa shape index (κ1) is 15.8. The van der Waals surface area contributed by atoms with Crippen molar-refractivity contribution in [1.29, 1.82) is 0 Å². The minimum absolute atomic E-state index is 0.259. The van der Waals surface area contributed by atoms with Crippen LogP contribution in [0.25, 0.3) is 10.6 Å². The number of amides is 1. The number of hydrogen-bond donors (Lipinski definition) is 1. The SMILES string of the molecule is CC(C)c1csc(NC(=O)c2csc(-c3ccccc3F)n2)n1. The molecule has 0 radical (unpaired) electrons. The van der Waals surface area contributed by atoms with E-state index >= 15 is 0 Å². The van der Waals surface area contributed by atoms with E-state index in [1.807, 2.05) is 19.2 Å². The van der Waals surface area contributed by atoms with Crippen LogP contribution in [0.4, 0.5) is 9.52 Å². The smallest absolute Gasteiger partial charge is 0.276 e. The number of nitrogens with one attached hydrogen (secondary N) is 1. The third kappa shape index (κ3) is 3.46. The molecule has 1 N–H and O–H groups in total. The lowest BCUT2D eigenvalue weighted by atomic mass is 10.2. The van der Waals surface area contributed by atoms with Gasteiger partial charge in [-0.25, -0.2) is 14.4 Å². The lowest BCUT2D eigenvalue weighted by Gasteiger charge is -2.00. The molecule has 3 aromatic rings. The number of nitrogens with zero attached hydrogens (tertiary/aromatic N) is 2. The molecule has 23 heavy (non-hydrogen) atoms. The second kappa shape index (κ2) is 6.55. The maximum Gasteiger partial charge on any atom is 0.276 e. The molecule has 0 fully saturated rings. The van der Waals surface area contributed by atoms with E-state index in [2.05, 4.69) is 15.3 Å². The van der Waals surface area contributed by atoms with Crippen LogP contribution >= 0.6 is 22.7 Å². The number of aromatic nitrogens is 2. The average Bonchev–Trinajstić information content (AvgIpc) is 3.16. The van der Waals surface area contributed by atoms with Gasteiger partial charge in [0.15, 0.2) is 5.13 Å². The Morgan fingerprint density at radius 3 is 2.65 bits per heavy atom. The minimum Gasteiger partial charge on any atom is -0.296 e. The van der Waals surface area contributed by atoms with Gasteiger partial charge in [-0.2, -0.15) is 0 Å². The fraction of sp³-hybridized carbons (Fsp3) is 0.188. The lowest BCUT2D eigenvalue weighted by Crippen LogP contribution is -2.12. The Balaban J connectivity index is 1.77. The molecule has 1 amide bonds. The van der Waals surface area contributed by atoms with Crippen molar-refractivity contribution < 1.29 is 9.18 Å². The van der Waals surface area contributed by atoms with Crippen molar-refractivity contribution in [2.24, 2.45) is 0 Å². The van der Waals surface area contributed by atoms with Gasteiger partial charge in [-0.1, -0.05) is 26.0 Å². The number of anilines is 1. The molecule has 0 saturated carbocycles. The molecular formula is C16H14FN3OS2. The van der Waals surface area contributed by atoms with Crippen LogP contribution in [-0.2, 0) is 0 Å². The van der Waals surface area contributed by atoms with E-state index in [0.29, 0.717) is 21.6 Å². The predicted molar refractivity (Wildman–Crippen MR) is 91.7 cm³/mol. The Bertz CT molecular complexity index is 841. The van der Waals surface area contributed by atoms with Crippen molar-refractivity contribution in [3.63, 3.8) is 0 Å². The number of halogens is 1. The topological polar surface area (TPSA) is 54.9 Å². The molecule has 118 valence electrons. The molecule has 0 spiro atoms. The van der Waals surface area contributed by atoms with E-state index < -0.39 is 0 Å². The van der Waals surface area contributed by atoms with E-state index in [9.17, 15) is 9.18 Å². The van der Waals surface area contributed by atoms with Gasteiger partial charge in [-0.3, -0.25) is 10.1 Å². The maximum atomic E-state index is 13.8. The Hall–Kier alpha value is -2.12. The second-order valence-electron chi connectivity index (χ2n) is 5.20. The summed E-state index contributed by atoms with van der Waals surface area (Å²) in [7, 11) is 0. The molecule has 2 heterocycles. The zero-order chi connectivity index (χ0) is 16.4. The Labute approximate surface area is 141 Å². The molecule has 0 saturated heterocycles. The zero-order valence-corrected chi connectivity index (χ0v) is 14.2. The predicted octanol–water partition coefficient (Wildman–Crippen LogP) is 4.78. The lowest BCUT2D eigenvalue weighted by molar-refractivity contribution is 0.102. The van der Waals surface area contributed by atoms with Crippen LogP contribution in [0.1, 0.15) is 35.9 Å². The second-order valence-corrected chi connectivity index (χ2v) is 6.92. The van der Waals surface area contributed by atoms with Crippen molar-refractivity contribution in [1.82, 2.24) is 9.97 Å². The molecule has 3 rings (SSSR count). The van der Waals surface area contributed by atoms with E-state index in [1.54, 1.807) is 23.6 Å². The van der Waals surface area contributed by atoms with Gasteiger partial charge < -0.3 is 0 Å². The molecule has 0 atom stereocenters. The van der Waals surface area contributed by atoms with Gasteiger partial charge in [-0.15, -0.1) is 22.7 Å². The Morgan fingerprint density at radius 2 is 1.96 bits per heavy atom. The van der Waals surface area contributed by atoms with Gasteiger partial charge in [0.2, 0.25) is 0 Å². The summed E-state index contributed by atoms with van der Waals surface area (Å²) in [5, 5.41) is 7.30. The van der Waals surface area contributed by atoms with Gasteiger partial charge in [-0.05, 0) is 18.1 Å². The molecule has 0 aliphatic heterocycles. The van der Waals surface area contributed by atoms with E-state index in [4.69, 9.17) is 0 Å². The molecule has 2 aromatic heterocycles. The van der Waals surface area contributed by atoms with Gasteiger partial charge in [0.25, 0.3) is 5.91 Å². The van der Waals surface area contributed by atoms with E-state index in [0.717, 1.165) is 5.69 Å². The van der Waals surface area contributed by atoms with E-state index in [-0.39, 0.29) is 17.4 Å². The normalized spacial score (nSPS) is 11.0. The summed E-state index contributed by atoms with van der Waals surface area (Å²) >= 11 is 2.62. The molecular weight excluding hydrogens is 333 g/mol. The maximum absolute atomic E-state index is 13.8. The highest BCUT2D eigenvalue weighted by molar-refractivity contribution is 7.14. The van der Waals surface area contributed by atoms with Crippen molar-refractivity contribution in [3.8, 4) is 10.6 Å². The number of carbonyl (C=O) groups excluding carboxylic acids is 1. The van der Waals surface area contributed by atoms with Crippen molar-refractivity contribution in [3.05, 3.63) is 52.2 Å². The first-order valence-corrected chi connectivity index (χ1v) is 8.77. The molecule has 0 aliphatic rings. The van der Waals surface area contributed by atoms with Crippen LogP contribution in [0.5, 0.6) is 0 Å². The molecule has 0 unspecified atom stereocenters. The number of carbonyl (C=O) groups is 1. The van der Waals surface area contributed by atoms with Crippen molar-refractivity contribution in [2.45, 2.75) is 19.8 Å². The summed E-state index contributed by atoms with van der Waals surface area (Å²) in [5.41, 5.74) is 1.60. The minimum atomic E-state index is -0.352. The molecule has 0 aliphatic carbocycles. The third-order valence-corrected chi connectivity index (χ3v) is 4.83. The molecule has 4 nitrogen and oxygen atoms in total. The van der Waals surface area contributed by atoms with Crippen molar-refractivity contribution in [2.75, 3.05) is 5.32 Å². The number of thiazole rings is 2. The fourth-order valence-corrected chi connectivity index (χ4v) is 3.60. The standard InChI is InChI=1S/C16H14FN3OS2/c1-9(2)12-7-23-16(19-12)20-14(21)13-8-22-15(18-13)10-5-3-4-6-11(10)17/h3-9H,1-2H3,(H,19,20,21). The summed E-state index contributed by atoms with van der Waals surface area (Å²) in [5.74, 6) is -0.382. The van der Waals surface area contributed by atoms with Crippen LogP contribution in [0.15, 0.2) is 35.0 Å². The monoisotopic (exact) mass is 347 g/mol. The Morgan fingerprint density at radius 1 is 1.17 bits per heavy atom. The van der Waals surface area contributed by atoms with Crippen LogP contribution in [0, 0.1) is 5.82 Å². The largest absolute Gasteiger partial charge is 0.296 e. The van der Waals surface area contributed by atoms with Crippen LogP contribution in [-0.4, -0.2) is 15.9 Å². The average molecular weight is 347 g/mol. The van der Waals surface area contributed by atoms with Crippen LogP contribution in [0.3, 0.4) is 0 Å². The van der Waals surface area contributed by atoms with E-state index in [1.165, 1.54) is 28.7 Å². The molecule has 7 heteroatoms. The Kier molecular flexibility index (Phi) is 4.49. The molecule has 1 aromatic carbocycles. The quantitative estimate of drug-likeness (QED) is 0.739. The third-order valence-electron chi connectivity index (χ3n) is 3.18. The summed E-state index contributed by atoms with van der Waals surface area (Å²) in [4.78, 5) is 20.8. The highest BCUT2D eigenvalue weighted by Crippen LogP contribution is 2.27. The highest BCUT2D eigenvalue weighted by Gasteiger charge is 2.15. The highest BCUT2D eigenvalue weighted by atomic mass is 32.1. The van der Waals surface area contributed by atoms with Crippen LogP contribution < -0.4 is 5.32 Å². The van der Waals surface area contributed by atoms with Gasteiger partial charge >= 0.3 is 0 Å². The summed E-state index contributed by atoms with van der Waals surface area (Å²) in [6, 6.07) is 6.38. The van der Waals surface area contributed by atoms with Gasteiger partial charge in [0.1, 0.15) is 16.5 Å². The summed E-state index contributed by atoms with van der Waals surface area (Å²) in [6.07, 6.45) is 0. The number of benzene rings is 1. The fourth-order valence-electron chi connectivity index (χ4n) is 1.91. The van der Waals surface area contributed by atoms with Gasteiger partial charge in [0.05, 0.1) is 5.69 Å². The van der Waals surface area contributed by atoms with Crippen molar-refractivity contribution >= 4 is 33.7 Å². The number of rotatable bonds is 4. The van der Waals surface area contributed by atoms with Gasteiger partial charge in [0, 0.05) is 16.3 Å². The molecule has 0 bridgehead atoms. The number of hydrogen-bond acceptors (Lipinski definition) is 5. The van der Waals surface area contributed by atoms with Crippen LogP contribution in [0.2, 0.25) is 0 Å². The first-order valence-electron chi connectivity index (χ1n) is 7.02. The zero-order valence-electron chi connectivity index (χ0n) is 12.5. The first-order chi connectivity index (χ1) is 11.0. The summed E-state index contributed by atoms with van der Waals surface area (Å²) in [6.45, 7) is 4.09. The summed E-state index contributed by atoms with van der Waals surface area (Å²) < 4.78 is 13.8.